The molecule has 0 aliphatic carbocycles. The second-order valence-electron chi connectivity index (χ2n) is 14.0. The lowest BCUT2D eigenvalue weighted by atomic mass is 10.1. The highest BCUT2D eigenvalue weighted by molar-refractivity contribution is 5.99. The first-order valence-electron chi connectivity index (χ1n) is 19.0. The minimum Gasteiger partial charge on any atom is -0.481 e. The molecule has 0 radical (unpaired) electrons. The van der Waals surface area contributed by atoms with Gasteiger partial charge in [-0.05, 0) is 61.4 Å². The molecular weight excluding hydrogens is 829 g/mol. The molecule has 4 heterocycles. The minimum absolute atomic E-state index is 0.00909. The molecule has 25 nitrogen and oxygen atoms in total. The maximum Gasteiger partial charge on any atom is 0.326 e. The van der Waals surface area contributed by atoms with Gasteiger partial charge in [0.05, 0.1) is 24.5 Å². The first kappa shape index (κ1) is 43.9. The van der Waals surface area contributed by atoms with E-state index in [1.165, 1.54) is 47.5 Å². The smallest absolute Gasteiger partial charge is 0.326 e. The van der Waals surface area contributed by atoms with E-state index in [0.717, 1.165) is 0 Å². The lowest BCUT2D eigenvalue weighted by Gasteiger charge is -2.37. The predicted octanol–water partition coefficient (Wildman–Crippen LogP) is -0.477. The van der Waals surface area contributed by atoms with Crippen LogP contribution in [0.2, 0.25) is 0 Å². The Labute approximate surface area is 353 Å². The summed E-state index contributed by atoms with van der Waals surface area (Å²) in [7, 11) is 0. The van der Waals surface area contributed by atoms with Crippen LogP contribution in [0.15, 0.2) is 64.3 Å². The number of aromatic nitrogens is 6. The number of carbonyl (C=O) groups excluding carboxylic acids is 3. The van der Waals surface area contributed by atoms with Gasteiger partial charge in [0.2, 0.25) is 17.8 Å². The van der Waals surface area contributed by atoms with Crippen LogP contribution in [0.25, 0.3) is 11.2 Å². The zero-order valence-corrected chi connectivity index (χ0v) is 32.9. The second-order valence-corrected chi connectivity index (χ2v) is 14.0. The summed E-state index contributed by atoms with van der Waals surface area (Å²) in [5.41, 5.74) is 11.6. The Kier molecular flexibility index (Phi) is 13.4. The van der Waals surface area contributed by atoms with Crippen molar-refractivity contribution in [1.82, 2.24) is 40.5 Å². The van der Waals surface area contributed by atoms with E-state index < -0.39 is 77.7 Å². The van der Waals surface area contributed by atoms with Crippen molar-refractivity contribution in [1.29, 1.82) is 0 Å². The van der Waals surface area contributed by atoms with Crippen LogP contribution in [-0.2, 0) is 25.7 Å². The number of fused-ring (bicyclic) bond motifs is 2. The molecule has 5 aromatic rings. The summed E-state index contributed by atoms with van der Waals surface area (Å²) >= 11 is 0. The Morgan fingerprint density at radius 2 is 1.30 bits per heavy atom. The molecule has 3 atom stereocenters. The van der Waals surface area contributed by atoms with Crippen LogP contribution >= 0.6 is 0 Å². The van der Waals surface area contributed by atoms with Crippen LogP contribution in [0.3, 0.4) is 0 Å². The summed E-state index contributed by atoms with van der Waals surface area (Å²) in [6.07, 6.45) is -0.147. The number of aromatic amines is 2. The number of carboxylic acids is 3. The monoisotopic (exact) mass is 868 g/mol. The average molecular weight is 869 g/mol. The highest BCUT2D eigenvalue weighted by Gasteiger charge is 2.35. The number of amides is 3. The molecule has 0 saturated carbocycles. The summed E-state index contributed by atoms with van der Waals surface area (Å²) in [6.45, 7) is 0.250. The summed E-state index contributed by atoms with van der Waals surface area (Å²) in [4.78, 5) is 122. The van der Waals surface area contributed by atoms with Gasteiger partial charge in [-0.25, -0.2) is 19.6 Å². The van der Waals surface area contributed by atoms with Gasteiger partial charge in [0, 0.05) is 48.4 Å². The van der Waals surface area contributed by atoms with Crippen LogP contribution in [-0.4, -0.2) is 112 Å². The molecule has 3 amide bonds. The third-order valence-corrected chi connectivity index (χ3v) is 9.59. The average Bonchev–Trinajstić information content (AvgIpc) is 3.24. The van der Waals surface area contributed by atoms with E-state index in [2.05, 4.69) is 56.5 Å². The largest absolute Gasteiger partial charge is 0.481 e. The molecular formula is C38H40N14O11. The van der Waals surface area contributed by atoms with Crippen LogP contribution < -0.4 is 54.1 Å². The lowest BCUT2D eigenvalue weighted by Crippen LogP contribution is -2.53. The first-order valence-corrected chi connectivity index (χ1v) is 19.0. The fraction of sp³-hybridized carbons (Fsp3) is 0.263. The quantitative estimate of drug-likeness (QED) is 0.0529. The molecule has 2 aromatic carbocycles. The minimum atomic E-state index is -1.51. The van der Waals surface area contributed by atoms with Crippen molar-refractivity contribution < 1.29 is 44.1 Å². The molecule has 0 unspecified atom stereocenters. The first-order chi connectivity index (χ1) is 30.1. The van der Waals surface area contributed by atoms with Gasteiger partial charge in [-0.15, -0.1) is 0 Å². The van der Waals surface area contributed by atoms with Gasteiger partial charge >= 0.3 is 17.9 Å². The van der Waals surface area contributed by atoms with Crippen LogP contribution in [0, 0.1) is 0 Å². The number of nitrogens with two attached hydrogens (primary N) is 2. The summed E-state index contributed by atoms with van der Waals surface area (Å²) in [5, 5.41) is 42.2. The highest BCUT2D eigenvalue weighted by atomic mass is 16.4. The molecule has 25 heteroatoms. The van der Waals surface area contributed by atoms with Gasteiger partial charge in [0.15, 0.2) is 22.7 Å². The number of rotatable bonds is 18. The maximum atomic E-state index is 13.9. The Balaban J connectivity index is 1.07. The van der Waals surface area contributed by atoms with Crippen LogP contribution in [0.5, 0.6) is 0 Å². The van der Waals surface area contributed by atoms with Gasteiger partial charge in [-0.2, -0.15) is 9.97 Å². The molecule has 0 fully saturated rings. The molecule has 63 heavy (non-hydrogen) atoms. The number of hydrogen-bond acceptors (Lipinski definition) is 17. The number of nitrogen functional groups attached to an aromatic ring is 2. The summed E-state index contributed by atoms with van der Waals surface area (Å²) in [6, 6.07) is 8.17. The van der Waals surface area contributed by atoms with E-state index in [1.54, 1.807) is 12.1 Å². The predicted molar refractivity (Wildman–Crippen MR) is 224 cm³/mol. The van der Waals surface area contributed by atoms with Gasteiger partial charge < -0.3 is 53.4 Å². The molecule has 0 bridgehead atoms. The van der Waals surface area contributed by atoms with Crippen LogP contribution in [0.4, 0.5) is 34.8 Å². The number of H-pyrrole nitrogens is 2. The topological polar surface area (TPSA) is 396 Å². The number of carboxylic acid groups (broad SMARTS) is 3. The zero-order valence-electron chi connectivity index (χ0n) is 32.9. The SMILES string of the molecule is Nc1nc2c(c(=O)[nH]1)N(C(=O)CC[C@H](NC(=O)c1ccc(NCc3cnc4nc(N)[nH]c(=O)c4n3)cc1)C(=O)O)[C@@H](CNc1ccc(C(=O)N[C@@H](CCC(=O)O)C(=O)O)cc1)CN2. The Bertz CT molecular complexity index is 2690. The number of carbonyl (C=O) groups is 6. The van der Waals surface area contributed by atoms with Crippen molar-refractivity contribution >= 4 is 81.6 Å². The second kappa shape index (κ2) is 19.2. The van der Waals surface area contributed by atoms with E-state index in [4.69, 9.17) is 16.6 Å². The summed E-state index contributed by atoms with van der Waals surface area (Å²) in [5.74, 6) is -6.44. The summed E-state index contributed by atoms with van der Waals surface area (Å²) < 4.78 is 0. The third-order valence-electron chi connectivity index (χ3n) is 9.59. The fourth-order valence-electron chi connectivity index (χ4n) is 6.43. The Hall–Kier alpha value is -8.64. The van der Waals surface area contributed by atoms with Crippen molar-refractivity contribution in [2.24, 2.45) is 0 Å². The Morgan fingerprint density at radius 1 is 0.746 bits per heavy atom. The number of nitrogens with one attached hydrogen (secondary N) is 7. The van der Waals surface area contributed by atoms with Gasteiger partial charge in [-0.3, -0.25) is 43.6 Å². The standard InChI is InChI=1S/C38H40N14O11/c39-37-48-29-27(33(58)50-37)45-21(14-43-29)13-41-19-5-1-17(2-6-19)31(56)46-23(35(60)61)9-11-25(53)52-22(16-44-30-28(52)34(59)51-38(40)49-30)15-42-20-7-3-18(4-8-20)32(57)47-24(36(62)63)10-12-26(54)55/h1-8,14,22-24,41-42H,9-13,15-16H2,(H,46,56)(H,47,57)(H,54,55)(H,60,61)(H,62,63)(H3,39,43,48,50,58)(H4,40,44,49,51,59)/t22-,23-,24-/m0/s1. The molecule has 328 valence electrons. The number of benzene rings is 2. The number of anilines is 6. The number of hydrogen-bond donors (Lipinski definition) is 12. The van der Waals surface area contributed by atoms with Crippen molar-refractivity contribution in [2.75, 3.05) is 45.4 Å². The van der Waals surface area contributed by atoms with Crippen molar-refractivity contribution in [3.8, 4) is 0 Å². The molecule has 6 rings (SSSR count). The van der Waals surface area contributed by atoms with E-state index in [-0.39, 0.29) is 78.2 Å². The molecule has 3 aromatic heterocycles. The Morgan fingerprint density at radius 3 is 1.89 bits per heavy atom. The van der Waals surface area contributed by atoms with Gasteiger partial charge in [0.1, 0.15) is 12.1 Å². The van der Waals surface area contributed by atoms with Gasteiger partial charge in [0.25, 0.3) is 22.9 Å². The number of aliphatic carboxylic acids is 3. The molecule has 0 spiro atoms. The molecule has 0 saturated heterocycles. The van der Waals surface area contributed by atoms with E-state index in [0.29, 0.717) is 17.1 Å². The molecule has 1 aliphatic heterocycles. The number of nitrogens with zero attached hydrogens (tertiary/aromatic N) is 5. The fourth-order valence-corrected chi connectivity index (χ4v) is 6.43. The normalized spacial score (nSPS) is 14.0. The molecule has 1 aliphatic rings. The molecule has 14 N–H and O–H groups in total. The van der Waals surface area contributed by atoms with Crippen molar-refractivity contribution in [3.63, 3.8) is 0 Å². The maximum absolute atomic E-state index is 13.9. The van der Waals surface area contributed by atoms with E-state index in [9.17, 15) is 48.6 Å². The van der Waals surface area contributed by atoms with E-state index >= 15 is 0 Å². The van der Waals surface area contributed by atoms with E-state index in [1.807, 2.05) is 0 Å². The lowest BCUT2D eigenvalue weighted by molar-refractivity contribution is -0.141. The highest BCUT2D eigenvalue weighted by Crippen LogP contribution is 2.28. The zero-order chi connectivity index (χ0) is 45.4. The third kappa shape index (κ3) is 11.0. The van der Waals surface area contributed by atoms with Crippen LogP contribution in [0.1, 0.15) is 52.1 Å². The van der Waals surface area contributed by atoms with Crippen molar-refractivity contribution in [3.05, 3.63) is 92.3 Å². The van der Waals surface area contributed by atoms with Crippen molar-refractivity contribution in [2.45, 2.75) is 50.4 Å². The van der Waals surface area contributed by atoms with Gasteiger partial charge in [-0.1, -0.05) is 0 Å².